The Morgan fingerprint density at radius 1 is 1.09 bits per heavy atom. The van der Waals surface area contributed by atoms with E-state index in [2.05, 4.69) is 11.2 Å². The molecule has 1 fully saturated rings. The van der Waals surface area contributed by atoms with Gasteiger partial charge in [-0.25, -0.2) is 4.39 Å². The van der Waals surface area contributed by atoms with Crippen molar-refractivity contribution in [3.63, 3.8) is 0 Å². The van der Waals surface area contributed by atoms with Gasteiger partial charge in [0.2, 0.25) is 6.04 Å². The Labute approximate surface area is 131 Å². The van der Waals surface area contributed by atoms with E-state index in [1.54, 1.807) is 29.1 Å². The van der Waals surface area contributed by atoms with Gasteiger partial charge in [0, 0.05) is 12.1 Å². The van der Waals surface area contributed by atoms with Crippen LogP contribution in [-0.4, -0.2) is 17.7 Å². The van der Waals surface area contributed by atoms with E-state index in [0.717, 1.165) is 0 Å². The fourth-order valence-electron chi connectivity index (χ4n) is 2.76. The molecule has 1 aliphatic heterocycles. The highest BCUT2D eigenvalue weighted by Gasteiger charge is 2.47. The van der Waals surface area contributed by atoms with Crippen LogP contribution >= 0.6 is 0 Å². The molecule has 1 aromatic heterocycles. The topological polar surface area (TPSA) is 73.9 Å². The standard InChI is InChI=1S/C17H12FN3O2/c18-12-6-4-11(5-7-12)14-13(10-19)16(22)20-17(23)15(14)21-8-2-1-3-9-21/h1-9,14-15,19H/p+1. The maximum absolute atomic E-state index is 13.2. The van der Waals surface area contributed by atoms with Crippen molar-refractivity contribution >= 4 is 17.7 Å². The van der Waals surface area contributed by atoms with Gasteiger partial charge in [-0.3, -0.25) is 20.3 Å². The number of halogens is 1. The van der Waals surface area contributed by atoms with E-state index >= 15 is 0 Å². The van der Waals surface area contributed by atoms with E-state index < -0.39 is 29.6 Å². The third-order valence-electron chi connectivity index (χ3n) is 3.80. The van der Waals surface area contributed by atoms with Crippen molar-refractivity contribution in [2.24, 2.45) is 0 Å². The predicted octanol–water partition coefficient (Wildman–Crippen LogP) is 1.27. The minimum Gasteiger partial charge on any atom is -0.286 e. The zero-order chi connectivity index (χ0) is 16.4. The van der Waals surface area contributed by atoms with Crippen molar-refractivity contribution in [3.8, 4) is 0 Å². The molecule has 2 N–H and O–H groups in total. The summed E-state index contributed by atoms with van der Waals surface area (Å²) >= 11 is 0. The van der Waals surface area contributed by atoms with Crippen LogP contribution in [0.2, 0.25) is 0 Å². The van der Waals surface area contributed by atoms with Crippen molar-refractivity contribution in [3.05, 3.63) is 71.8 Å². The first kappa shape index (κ1) is 14.8. The molecule has 5 nitrogen and oxygen atoms in total. The molecule has 1 aromatic carbocycles. The van der Waals surface area contributed by atoms with E-state index in [9.17, 15) is 14.0 Å². The molecule has 114 valence electrons. The number of aromatic nitrogens is 1. The largest absolute Gasteiger partial charge is 0.296 e. The summed E-state index contributed by atoms with van der Waals surface area (Å²) in [5, 5.41) is 9.67. The number of pyridine rings is 1. The van der Waals surface area contributed by atoms with Gasteiger partial charge in [-0.05, 0) is 23.6 Å². The van der Waals surface area contributed by atoms with Crippen LogP contribution in [0.1, 0.15) is 17.5 Å². The molecule has 2 aromatic rings. The van der Waals surface area contributed by atoms with Gasteiger partial charge in [0.25, 0.3) is 11.8 Å². The maximum Gasteiger partial charge on any atom is 0.296 e. The monoisotopic (exact) mass is 310 g/mol. The number of nitrogens with one attached hydrogen (secondary N) is 2. The number of rotatable bonds is 2. The van der Waals surface area contributed by atoms with Gasteiger partial charge in [0.15, 0.2) is 12.4 Å². The number of hydrogen-bond acceptors (Lipinski definition) is 3. The lowest BCUT2D eigenvalue weighted by Gasteiger charge is -2.27. The summed E-state index contributed by atoms with van der Waals surface area (Å²) in [6.07, 6.45) is 3.41. The smallest absolute Gasteiger partial charge is 0.286 e. The van der Waals surface area contributed by atoms with E-state index in [1.165, 1.54) is 24.3 Å². The second-order valence-corrected chi connectivity index (χ2v) is 5.15. The highest BCUT2D eigenvalue weighted by molar-refractivity contribution is 6.13. The maximum atomic E-state index is 13.2. The van der Waals surface area contributed by atoms with Crippen LogP contribution in [0.5, 0.6) is 0 Å². The number of carbonyl (C=O) groups excluding carboxylic acids is 2. The molecule has 0 spiro atoms. The Morgan fingerprint density at radius 2 is 1.74 bits per heavy atom. The average Bonchev–Trinajstić information content (AvgIpc) is 2.56. The van der Waals surface area contributed by atoms with E-state index in [0.29, 0.717) is 5.56 Å². The van der Waals surface area contributed by atoms with Crippen LogP contribution in [0.25, 0.3) is 0 Å². The van der Waals surface area contributed by atoms with Crippen molar-refractivity contribution < 1.29 is 18.5 Å². The van der Waals surface area contributed by atoms with Gasteiger partial charge in [-0.1, -0.05) is 18.2 Å². The second kappa shape index (κ2) is 5.94. The summed E-state index contributed by atoms with van der Waals surface area (Å²) < 4.78 is 14.9. The first-order chi connectivity index (χ1) is 11.1. The number of nitrogens with zero attached hydrogens (tertiary/aromatic N) is 1. The van der Waals surface area contributed by atoms with Gasteiger partial charge in [-0.2, -0.15) is 4.57 Å². The zero-order valence-electron chi connectivity index (χ0n) is 12.0. The minimum absolute atomic E-state index is 0.0394. The summed E-state index contributed by atoms with van der Waals surface area (Å²) in [4.78, 5) is 24.4. The highest BCUT2D eigenvalue weighted by Crippen LogP contribution is 2.34. The summed E-state index contributed by atoms with van der Waals surface area (Å²) in [5.74, 6) is -0.105. The minimum atomic E-state index is -0.757. The van der Waals surface area contributed by atoms with Crippen LogP contribution in [0.4, 0.5) is 4.39 Å². The van der Waals surface area contributed by atoms with E-state index in [4.69, 9.17) is 5.41 Å². The molecule has 3 rings (SSSR count). The van der Waals surface area contributed by atoms with E-state index in [-0.39, 0.29) is 5.57 Å². The van der Waals surface area contributed by atoms with Crippen molar-refractivity contribution in [1.29, 1.82) is 5.41 Å². The van der Waals surface area contributed by atoms with Crippen molar-refractivity contribution in [2.75, 3.05) is 0 Å². The number of piperidine rings is 1. The molecule has 1 aliphatic rings. The molecule has 2 atom stereocenters. The SMILES string of the molecule is N=C=C1C(=O)NC(=O)C([n+]2ccccc2)C1c1ccc(F)cc1. The number of hydrogen-bond donors (Lipinski definition) is 2. The van der Waals surface area contributed by atoms with Crippen LogP contribution < -0.4 is 9.88 Å². The number of carbonyl (C=O) groups is 2. The molecule has 2 heterocycles. The van der Waals surface area contributed by atoms with Gasteiger partial charge in [0.1, 0.15) is 5.82 Å². The molecule has 6 heteroatoms. The zero-order valence-corrected chi connectivity index (χ0v) is 12.0. The van der Waals surface area contributed by atoms with Gasteiger partial charge in [-0.15, -0.1) is 0 Å². The lowest BCUT2D eigenvalue weighted by atomic mass is 9.81. The Balaban J connectivity index is 2.17. The van der Waals surface area contributed by atoms with Crippen LogP contribution in [0.15, 0.2) is 60.4 Å². The molecule has 0 radical (unpaired) electrons. The Hall–Kier alpha value is -3.11. The Morgan fingerprint density at radius 3 is 2.35 bits per heavy atom. The van der Waals surface area contributed by atoms with Gasteiger partial charge < -0.3 is 0 Å². The van der Waals surface area contributed by atoms with Crippen molar-refractivity contribution in [2.45, 2.75) is 12.0 Å². The lowest BCUT2D eigenvalue weighted by Crippen LogP contribution is -2.57. The molecule has 0 bridgehead atoms. The molecular weight excluding hydrogens is 297 g/mol. The Kier molecular flexibility index (Phi) is 3.83. The fraction of sp³-hybridized carbons (Fsp3) is 0.118. The van der Waals surface area contributed by atoms with Crippen LogP contribution in [0, 0.1) is 11.2 Å². The molecule has 0 saturated carbocycles. The second-order valence-electron chi connectivity index (χ2n) is 5.15. The number of benzene rings is 1. The quantitative estimate of drug-likeness (QED) is 0.379. The highest BCUT2D eigenvalue weighted by atomic mass is 19.1. The van der Waals surface area contributed by atoms with Gasteiger partial charge in [0.05, 0.1) is 11.5 Å². The third-order valence-corrected chi connectivity index (χ3v) is 3.80. The normalized spacial score (nSPS) is 20.8. The lowest BCUT2D eigenvalue weighted by molar-refractivity contribution is -0.711. The molecule has 0 aliphatic carbocycles. The first-order valence-corrected chi connectivity index (χ1v) is 6.98. The number of amides is 2. The molecule has 23 heavy (non-hydrogen) atoms. The molecule has 2 amide bonds. The Bertz CT molecular complexity index is 811. The number of imide groups is 1. The fourth-order valence-corrected chi connectivity index (χ4v) is 2.76. The predicted molar refractivity (Wildman–Crippen MR) is 79.2 cm³/mol. The average molecular weight is 310 g/mol. The first-order valence-electron chi connectivity index (χ1n) is 6.98. The third kappa shape index (κ3) is 2.67. The summed E-state index contributed by atoms with van der Waals surface area (Å²) in [5.41, 5.74) is 0.614. The van der Waals surface area contributed by atoms with Crippen LogP contribution in [0.3, 0.4) is 0 Å². The molecule has 1 saturated heterocycles. The van der Waals surface area contributed by atoms with E-state index in [1.807, 2.05) is 6.07 Å². The van der Waals surface area contributed by atoms with Gasteiger partial charge >= 0.3 is 0 Å². The molecule has 2 unspecified atom stereocenters. The van der Waals surface area contributed by atoms with Crippen molar-refractivity contribution in [1.82, 2.24) is 5.32 Å². The summed E-state index contributed by atoms with van der Waals surface area (Å²) in [7, 11) is 0. The van der Waals surface area contributed by atoms with Crippen LogP contribution in [-0.2, 0) is 9.59 Å². The molecular formula is C17H13FN3O2+. The summed E-state index contributed by atoms with van der Waals surface area (Å²) in [6.45, 7) is 0. The summed E-state index contributed by atoms with van der Waals surface area (Å²) in [6, 6.07) is 10.1.